The zero-order chi connectivity index (χ0) is 20.8. The summed E-state index contributed by atoms with van der Waals surface area (Å²) >= 11 is 6.30. The molecule has 3 aromatic carbocycles. The van der Waals surface area contributed by atoms with E-state index in [1.54, 1.807) is 48.5 Å². The normalized spacial score (nSPS) is 10.2. The number of halogens is 1. The van der Waals surface area contributed by atoms with Gasteiger partial charge in [0.1, 0.15) is 6.33 Å². The molecule has 1 aromatic heterocycles. The summed E-state index contributed by atoms with van der Waals surface area (Å²) in [5.41, 5.74) is 1.83. The van der Waals surface area contributed by atoms with Crippen molar-refractivity contribution < 1.29 is 4.79 Å². The number of fused-ring (bicyclic) bond motifs is 1. The highest BCUT2D eigenvalue weighted by atomic mass is 35.5. The Balaban J connectivity index is 0.00000117. The zero-order valence-electron chi connectivity index (χ0n) is 16.1. The summed E-state index contributed by atoms with van der Waals surface area (Å²) in [6.45, 7) is 4.00. The van der Waals surface area contributed by atoms with Gasteiger partial charge in [-0.2, -0.15) is 0 Å². The second-order valence-electron chi connectivity index (χ2n) is 5.92. The van der Waals surface area contributed by atoms with E-state index >= 15 is 0 Å². The summed E-state index contributed by atoms with van der Waals surface area (Å²) in [6.07, 6.45) is 1.42. The molecule has 0 aliphatic carbocycles. The molecule has 146 valence electrons. The molecule has 1 heterocycles. The maximum absolute atomic E-state index is 12.8. The number of hydrogen-bond donors (Lipinski definition) is 1. The van der Waals surface area contributed by atoms with Crippen LogP contribution < -0.4 is 10.9 Å². The molecule has 0 aliphatic heterocycles. The standard InChI is InChI=1S/C21H14ClN3O2.C2H6/c22-17-11-10-14(20(26)24-15-6-2-1-3-7-15)12-19(17)25-13-23-18-9-5-4-8-16(18)21(25)27;1-2/h1-13H,(H,24,26);1-2H3. The monoisotopic (exact) mass is 405 g/mol. The minimum Gasteiger partial charge on any atom is -0.322 e. The topological polar surface area (TPSA) is 64.0 Å². The SMILES string of the molecule is CC.O=C(Nc1ccccc1)c1ccc(Cl)c(-n2cnc3ccccc3c2=O)c1. The van der Waals surface area contributed by atoms with Gasteiger partial charge in [0.2, 0.25) is 0 Å². The Kier molecular flexibility index (Phi) is 6.42. The molecule has 0 spiro atoms. The summed E-state index contributed by atoms with van der Waals surface area (Å²) in [6, 6.07) is 21.0. The van der Waals surface area contributed by atoms with Crippen LogP contribution in [0.4, 0.5) is 5.69 Å². The third-order valence-corrected chi connectivity index (χ3v) is 4.48. The van der Waals surface area contributed by atoms with Gasteiger partial charge in [-0.3, -0.25) is 14.2 Å². The smallest absolute Gasteiger partial charge is 0.265 e. The van der Waals surface area contributed by atoms with Gasteiger partial charge in [-0.25, -0.2) is 4.98 Å². The van der Waals surface area contributed by atoms with Crippen LogP contribution in [0.15, 0.2) is 83.9 Å². The lowest BCUT2D eigenvalue weighted by Gasteiger charge is -2.11. The largest absolute Gasteiger partial charge is 0.322 e. The maximum atomic E-state index is 12.8. The van der Waals surface area contributed by atoms with Gasteiger partial charge < -0.3 is 5.32 Å². The molecule has 0 aliphatic rings. The van der Waals surface area contributed by atoms with Crippen molar-refractivity contribution in [3.05, 3.63) is 100 Å². The molecule has 1 amide bonds. The molecule has 29 heavy (non-hydrogen) atoms. The van der Waals surface area contributed by atoms with Crippen LogP contribution >= 0.6 is 11.6 Å². The van der Waals surface area contributed by atoms with Crippen molar-refractivity contribution in [2.24, 2.45) is 0 Å². The van der Waals surface area contributed by atoms with Gasteiger partial charge in [0.15, 0.2) is 0 Å². The molecule has 0 fully saturated rings. The molecular formula is C23H20ClN3O2. The van der Waals surface area contributed by atoms with Crippen LogP contribution in [0, 0.1) is 0 Å². The quantitative estimate of drug-likeness (QED) is 0.501. The van der Waals surface area contributed by atoms with Crippen LogP contribution in [-0.2, 0) is 0 Å². The van der Waals surface area contributed by atoms with Gasteiger partial charge in [0.25, 0.3) is 11.5 Å². The molecule has 0 unspecified atom stereocenters. The lowest BCUT2D eigenvalue weighted by atomic mass is 10.1. The Morgan fingerprint density at radius 2 is 1.66 bits per heavy atom. The van der Waals surface area contributed by atoms with Crippen LogP contribution in [-0.4, -0.2) is 15.5 Å². The van der Waals surface area contributed by atoms with Crippen molar-refractivity contribution in [2.45, 2.75) is 13.8 Å². The first-order chi connectivity index (χ1) is 14.1. The summed E-state index contributed by atoms with van der Waals surface area (Å²) in [7, 11) is 0. The van der Waals surface area contributed by atoms with Gasteiger partial charge in [0.05, 0.1) is 21.6 Å². The van der Waals surface area contributed by atoms with Crippen LogP contribution in [0.2, 0.25) is 5.02 Å². The van der Waals surface area contributed by atoms with Crippen molar-refractivity contribution in [1.29, 1.82) is 0 Å². The molecule has 0 bridgehead atoms. The highest BCUT2D eigenvalue weighted by molar-refractivity contribution is 6.32. The van der Waals surface area contributed by atoms with Crippen LogP contribution in [0.3, 0.4) is 0 Å². The van der Waals surface area contributed by atoms with E-state index in [1.165, 1.54) is 10.9 Å². The second-order valence-corrected chi connectivity index (χ2v) is 6.33. The van der Waals surface area contributed by atoms with E-state index in [0.29, 0.717) is 32.9 Å². The molecule has 4 aromatic rings. The molecule has 1 N–H and O–H groups in total. The van der Waals surface area contributed by atoms with Gasteiger partial charge in [0, 0.05) is 11.3 Å². The number of para-hydroxylation sites is 2. The predicted octanol–water partition coefficient (Wildman–Crippen LogP) is 5.32. The highest BCUT2D eigenvalue weighted by Crippen LogP contribution is 2.22. The number of aromatic nitrogens is 2. The Morgan fingerprint density at radius 3 is 2.41 bits per heavy atom. The van der Waals surface area contributed by atoms with Gasteiger partial charge in [-0.15, -0.1) is 0 Å². The van der Waals surface area contributed by atoms with Crippen molar-refractivity contribution in [1.82, 2.24) is 9.55 Å². The minimum atomic E-state index is -0.291. The first kappa shape index (κ1) is 20.3. The Bertz CT molecular complexity index is 1200. The molecule has 4 rings (SSSR count). The van der Waals surface area contributed by atoms with E-state index in [-0.39, 0.29) is 11.5 Å². The third-order valence-electron chi connectivity index (χ3n) is 4.17. The average Bonchev–Trinajstić information content (AvgIpc) is 2.77. The predicted molar refractivity (Wildman–Crippen MR) is 118 cm³/mol. The molecule has 0 saturated carbocycles. The average molecular weight is 406 g/mol. The molecule has 0 saturated heterocycles. The summed E-state index contributed by atoms with van der Waals surface area (Å²) in [4.78, 5) is 29.7. The zero-order valence-corrected chi connectivity index (χ0v) is 16.9. The van der Waals surface area contributed by atoms with E-state index in [4.69, 9.17) is 11.6 Å². The molecule has 0 atom stereocenters. The van der Waals surface area contributed by atoms with Crippen molar-refractivity contribution in [3.8, 4) is 5.69 Å². The highest BCUT2D eigenvalue weighted by Gasteiger charge is 2.13. The Labute approximate surface area is 173 Å². The van der Waals surface area contributed by atoms with E-state index in [9.17, 15) is 9.59 Å². The lowest BCUT2D eigenvalue weighted by Crippen LogP contribution is -2.20. The first-order valence-electron chi connectivity index (χ1n) is 9.26. The van der Waals surface area contributed by atoms with Crippen molar-refractivity contribution >= 4 is 34.1 Å². The summed E-state index contributed by atoms with van der Waals surface area (Å²) in [5, 5.41) is 3.65. The maximum Gasteiger partial charge on any atom is 0.265 e. The molecule has 6 heteroatoms. The fraction of sp³-hybridized carbons (Fsp3) is 0.0870. The molecular weight excluding hydrogens is 386 g/mol. The number of hydrogen-bond acceptors (Lipinski definition) is 3. The Hall–Kier alpha value is -3.44. The van der Waals surface area contributed by atoms with Crippen LogP contribution in [0.25, 0.3) is 16.6 Å². The molecule has 0 radical (unpaired) electrons. The van der Waals surface area contributed by atoms with E-state index in [0.717, 1.165) is 0 Å². The van der Waals surface area contributed by atoms with Gasteiger partial charge in [-0.05, 0) is 42.5 Å². The molecule has 5 nitrogen and oxygen atoms in total. The number of amides is 1. The van der Waals surface area contributed by atoms with Gasteiger partial charge >= 0.3 is 0 Å². The summed E-state index contributed by atoms with van der Waals surface area (Å²) in [5.74, 6) is -0.291. The fourth-order valence-electron chi connectivity index (χ4n) is 2.80. The van der Waals surface area contributed by atoms with Crippen LogP contribution in [0.5, 0.6) is 0 Å². The van der Waals surface area contributed by atoms with E-state index in [1.807, 2.05) is 38.1 Å². The Morgan fingerprint density at radius 1 is 0.966 bits per heavy atom. The van der Waals surface area contributed by atoms with Crippen LogP contribution in [0.1, 0.15) is 24.2 Å². The first-order valence-corrected chi connectivity index (χ1v) is 9.64. The number of nitrogens with one attached hydrogen (secondary N) is 1. The fourth-order valence-corrected chi connectivity index (χ4v) is 3.01. The third kappa shape index (κ3) is 4.36. The number of rotatable bonds is 3. The number of nitrogens with zero attached hydrogens (tertiary/aromatic N) is 2. The number of anilines is 1. The lowest BCUT2D eigenvalue weighted by molar-refractivity contribution is 0.102. The van der Waals surface area contributed by atoms with E-state index < -0.39 is 0 Å². The minimum absolute atomic E-state index is 0.247. The van der Waals surface area contributed by atoms with Crippen molar-refractivity contribution in [2.75, 3.05) is 5.32 Å². The second kappa shape index (κ2) is 9.17. The van der Waals surface area contributed by atoms with Gasteiger partial charge in [-0.1, -0.05) is 55.8 Å². The number of benzene rings is 3. The number of carbonyl (C=O) groups excluding carboxylic acids is 1. The van der Waals surface area contributed by atoms with Crippen molar-refractivity contribution in [3.63, 3.8) is 0 Å². The van der Waals surface area contributed by atoms with E-state index in [2.05, 4.69) is 10.3 Å². The number of carbonyl (C=O) groups is 1. The summed E-state index contributed by atoms with van der Waals surface area (Å²) < 4.78 is 1.35.